The van der Waals surface area contributed by atoms with Gasteiger partial charge in [-0.15, -0.1) is 0 Å². The maximum absolute atomic E-state index is 13.2. The molecule has 3 aromatic rings. The molecule has 31 heavy (non-hydrogen) atoms. The zero-order valence-electron chi connectivity index (χ0n) is 17.2. The lowest BCUT2D eigenvalue weighted by Gasteiger charge is -2.21. The second-order valence-electron chi connectivity index (χ2n) is 7.86. The summed E-state index contributed by atoms with van der Waals surface area (Å²) in [6.45, 7) is 3.43. The summed E-state index contributed by atoms with van der Waals surface area (Å²) in [4.78, 5) is 21.7. The fourth-order valence-corrected chi connectivity index (χ4v) is 4.84. The van der Waals surface area contributed by atoms with Gasteiger partial charge >= 0.3 is 0 Å². The average molecular weight is 442 g/mol. The predicted molar refractivity (Wildman–Crippen MR) is 114 cm³/mol. The van der Waals surface area contributed by atoms with E-state index in [-0.39, 0.29) is 23.5 Å². The molecule has 1 aliphatic rings. The number of aliphatic hydroxyl groups excluding tert-OH is 1. The van der Waals surface area contributed by atoms with Crippen molar-refractivity contribution in [2.75, 3.05) is 0 Å². The van der Waals surface area contributed by atoms with Crippen molar-refractivity contribution in [2.24, 2.45) is 0 Å². The molecule has 162 valence electrons. The molecule has 1 amide bonds. The first-order valence-corrected chi connectivity index (χ1v) is 11.4. The lowest BCUT2D eigenvalue weighted by Crippen LogP contribution is -2.39. The molecule has 1 fully saturated rings. The standard InChI is InChI=1S/C22H23N3O5S/c1-14(2)30-20-17(11-15(13-26)12-24-20)22(8-9-22)21(27)25-31(28,29)19-7-3-6-18-16(19)5-4-10-23-18/h3-7,10-12,14,26H,8-9,13H2,1-2H3,(H,25,27). The van der Waals surface area contributed by atoms with Crippen LogP contribution in [-0.2, 0) is 26.8 Å². The zero-order valence-corrected chi connectivity index (χ0v) is 18.0. The number of nitrogens with zero attached hydrogens (tertiary/aromatic N) is 2. The van der Waals surface area contributed by atoms with Gasteiger partial charge in [-0.25, -0.2) is 18.1 Å². The summed E-state index contributed by atoms with van der Waals surface area (Å²) in [6.07, 6.45) is 3.78. The van der Waals surface area contributed by atoms with Crippen molar-refractivity contribution in [3.63, 3.8) is 0 Å². The third-order valence-electron chi connectivity index (χ3n) is 5.26. The van der Waals surface area contributed by atoms with Crippen molar-refractivity contribution in [1.29, 1.82) is 0 Å². The molecule has 2 aromatic heterocycles. The van der Waals surface area contributed by atoms with Crippen LogP contribution in [-0.4, -0.2) is 35.5 Å². The third kappa shape index (κ3) is 3.98. The van der Waals surface area contributed by atoms with Crippen LogP contribution in [0, 0.1) is 0 Å². The van der Waals surface area contributed by atoms with Crippen LogP contribution < -0.4 is 9.46 Å². The van der Waals surface area contributed by atoms with Crippen molar-refractivity contribution in [1.82, 2.24) is 14.7 Å². The summed E-state index contributed by atoms with van der Waals surface area (Å²) >= 11 is 0. The predicted octanol–water partition coefficient (Wildman–Crippen LogP) is 2.45. The second-order valence-corrected chi connectivity index (χ2v) is 9.51. The Labute approximate surface area is 180 Å². The van der Waals surface area contributed by atoms with Crippen molar-refractivity contribution >= 4 is 26.8 Å². The Bertz CT molecular complexity index is 1250. The van der Waals surface area contributed by atoms with Crippen LogP contribution in [0.4, 0.5) is 0 Å². The number of sulfonamides is 1. The van der Waals surface area contributed by atoms with Gasteiger partial charge in [-0.1, -0.05) is 6.07 Å². The van der Waals surface area contributed by atoms with E-state index >= 15 is 0 Å². The van der Waals surface area contributed by atoms with E-state index in [1.165, 1.54) is 12.3 Å². The number of benzene rings is 1. The number of ether oxygens (including phenoxy) is 1. The smallest absolute Gasteiger partial charge is 0.264 e. The maximum Gasteiger partial charge on any atom is 0.264 e. The van der Waals surface area contributed by atoms with Crippen LogP contribution in [0.2, 0.25) is 0 Å². The van der Waals surface area contributed by atoms with E-state index in [0.29, 0.717) is 34.9 Å². The minimum atomic E-state index is -4.14. The molecule has 0 bridgehead atoms. The Balaban J connectivity index is 1.70. The Hall–Kier alpha value is -3.04. The molecule has 0 atom stereocenters. The van der Waals surface area contributed by atoms with Gasteiger partial charge in [0.05, 0.1) is 28.5 Å². The largest absolute Gasteiger partial charge is 0.475 e. The van der Waals surface area contributed by atoms with E-state index in [1.54, 1.807) is 36.5 Å². The van der Waals surface area contributed by atoms with Crippen molar-refractivity contribution < 1.29 is 23.1 Å². The van der Waals surface area contributed by atoms with Gasteiger partial charge in [0.2, 0.25) is 11.8 Å². The molecule has 0 spiro atoms. The van der Waals surface area contributed by atoms with Gasteiger partial charge in [0.15, 0.2) is 0 Å². The van der Waals surface area contributed by atoms with E-state index < -0.39 is 21.3 Å². The molecular weight excluding hydrogens is 418 g/mol. The highest BCUT2D eigenvalue weighted by molar-refractivity contribution is 7.90. The van der Waals surface area contributed by atoms with Crippen molar-refractivity contribution in [3.8, 4) is 5.88 Å². The van der Waals surface area contributed by atoms with Gasteiger partial charge in [0.25, 0.3) is 10.0 Å². The van der Waals surface area contributed by atoms with Gasteiger partial charge in [-0.05, 0) is 62.6 Å². The number of carbonyl (C=O) groups is 1. The van der Waals surface area contributed by atoms with E-state index in [1.807, 2.05) is 13.8 Å². The lowest BCUT2D eigenvalue weighted by molar-refractivity contribution is -0.121. The quantitative estimate of drug-likeness (QED) is 0.578. The van der Waals surface area contributed by atoms with Crippen LogP contribution in [0.5, 0.6) is 5.88 Å². The Morgan fingerprint density at radius 1 is 1.23 bits per heavy atom. The molecular formula is C22H23N3O5S. The van der Waals surface area contributed by atoms with E-state index in [2.05, 4.69) is 14.7 Å². The van der Waals surface area contributed by atoms with Crippen LogP contribution in [0.15, 0.2) is 53.7 Å². The van der Waals surface area contributed by atoms with Gasteiger partial charge in [-0.3, -0.25) is 9.78 Å². The van der Waals surface area contributed by atoms with Gasteiger partial charge in [0, 0.05) is 23.3 Å². The summed E-state index contributed by atoms with van der Waals surface area (Å²) < 4.78 is 34.2. The van der Waals surface area contributed by atoms with Crippen molar-refractivity contribution in [3.05, 3.63) is 59.9 Å². The minimum absolute atomic E-state index is 0.0110. The first-order valence-electron chi connectivity index (χ1n) is 9.95. The summed E-state index contributed by atoms with van der Waals surface area (Å²) in [5, 5.41) is 9.95. The van der Waals surface area contributed by atoms with Crippen LogP contribution in [0.25, 0.3) is 10.9 Å². The van der Waals surface area contributed by atoms with Crippen molar-refractivity contribution in [2.45, 2.75) is 49.7 Å². The Kier molecular flexibility index (Phi) is 5.40. The Morgan fingerprint density at radius 2 is 2.00 bits per heavy atom. The molecule has 4 rings (SSSR count). The number of hydrogen-bond acceptors (Lipinski definition) is 7. The number of hydrogen-bond donors (Lipinski definition) is 2. The number of aromatic nitrogens is 2. The van der Waals surface area contributed by atoms with E-state index in [4.69, 9.17) is 4.74 Å². The summed E-state index contributed by atoms with van der Waals surface area (Å²) in [7, 11) is -4.14. The molecule has 8 nitrogen and oxygen atoms in total. The monoisotopic (exact) mass is 441 g/mol. The SMILES string of the molecule is CC(C)Oc1ncc(CO)cc1C1(C(=O)NS(=O)(=O)c2cccc3ncccc23)CC1. The number of amides is 1. The minimum Gasteiger partial charge on any atom is -0.475 e. The molecule has 1 aromatic carbocycles. The molecule has 0 aliphatic heterocycles. The number of aliphatic hydroxyl groups is 1. The Morgan fingerprint density at radius 3 is 2.68 bits per heavy atom. The number of fused-ring (bicyclic) bond motifs is 1. The lowest BCUT2D eigenvalue weighted by atomic mass is 9.95. The number of nitrogens with one attached hydrogen (secondary N) is 1. The van der Waals surface area contributed by atoms with Gasteiger partial charge in [0.1, 0.15) is 0 Å². The highest BCUT2D eigenvalue weighted by Gasteiger charge is 2.54. The number of pyridine rings is 2. The summed E-state index contributed by atoms with van der Waals surface area (Å²) in [6, 6.07) is 9.70. The van der Waals surface area contributed by atoms with Crippen LogP contribution in [0.1, 0.15) is 37.8 Å². The average Bonchev–Trinajstić information content (AvgIpc) is 3.55. The molecule has 1 aliphatic carbocycles. The van der Waals surface area contributed by atoms with Crippen LogP contribution >= 0.6 is 0 Å². The first-order chi connectivity index (χ1) is 14.8. The van der Waals surface area contributed by atoms with E-state index in [9.17, 15) is 18.3 Å². The first kappa shape index (κ1) is 21.2. The van der Waals surface area contributed by atoms with Crippen LogP contribution in [0.3, 0.4) is 0 Å². The second kappa shape index (κ2) is 7.90. The summed E-state index contributed by atoms with van der Waals surface area (Å²) in [5.74, 6) is -0.370. The van der Waals surface area contributed by atoms with E-state index in [0.717, 1.165) is 0 Å². The molecule has 1 saturated carbocycles. The fourth-order valence-electron chi connectivity index (χ4n) is 3.57. The fraction of sp³-hybridized carbons (Fsp3) is 0.318. The van der Waals surface area contributed by atoms with Gasteiger partial charge < -0.3 is 9.84 Å². The third-order valence-corrected chi connectivity index (χ3v) is 6.65. The highest BCUT2D eigenvalue weighted by atomic mass is 32.2. The molecule has 0 unspecified atom stereocenters. The normalized spacial score (nSPS) is 15.1. The maximum atomic E-state index is 13.2. The topological polar surface area (TPSA) is 118 Å². The highest BCUT2D eigenvalue weighted by Crippen LogP contribution is 2.51. The molecule has 0 saturated heterocycles. The summed E-state index contributed by atoms with van der Waals surface area (Å²) in [5.41, 5.74) is 0.456. The molecule has 2 heterocycles. The molecule has 0 radical (unpaired) electrons. The molecule has 2 N–H and O–H groups in total. The number of rotatable bonds is 7. The molecule has 9 heteroatoms. The zero-order chi connectivity index (χ0) is 22.2. The number of carbonyl (C=O) groups excluding carboxylic acids is 1. The van der Waals surface area contributed by atoms with Gasteiger partial charge in [-0.2, -0.15) is 0 Å².